The van der Waals surface area contributed by atoms with E-state index in [1.807, 2.05) is 6.33 Å². The first-order chi connectivity index (χ1) is 7.18. The van der Waals surface area contributed by atoms with E-state index in [2.05, 4.69) is 40.9 Å². The molecule has 1 unspecified atom stereocenters. The normalized spacial score (nSPS) is 18.4. The van der Waals surface area contributed by atoms with Crippen LogP contribution in [0, 0.1) is 5.92 Å². The van der Waals surface area contributed by atoms with Gasteiger partial charge in [-0.05, 0) is 25.7 Å². The minimum atomic E-state index is 0.523. The lowest BCUT2D eigenvalue weighted by Gasteiger charge is -2.17. The molecule has 0 aromatic carbocycles. The molecule has 4 nitrogen and oxygen atoms in total. The monoisotopic (exact) mass is 208 g/mol. The second-order valence-electron chi connectivity index (χ2n) is 4.80. The molecule has 0 amide bonds. The van der Waals surface area contributed by atoms with Crippen molar-refractivity contribution in [3.63, 3.8) is 0 Å². The molecular formula is C11H20N4. The van der Waals surface area contributed by atoms with Gasteiger partial charge in [-0.25, -0.2) is 0 Å². The zero-order chi connectivity index (χ0) is 10.8. The molecule has 1 atom stereocenters. The molecule has 1 aliphatic rings. The Morgan fingerprint density at radius 2 is 2.20 bits per heavy atom. The van der Waals surface area contributed by atoms with E-state index in [-0.39, 0.29) is 0 Å². The average Bonchev–Trinajstić information content (AvgIpc) is 2.94. The first-order valence-electron chi connectivity index (χ1n) is 5.80. The summed E-state index contributed by atoms with van der Waals surface area (Å²) in [6.07, 6.45) is 4.42. The highest BCUT2D eigenvalue weighted by Crippen LogP contribution is 2.35. The third kappa shape index (κ3) is 2.56. The standard InChI is InChI=1S/C11H20N4/c1-8(2)9(3)12-6-11-14-13-7-15(11)10-4-5-10/h7-10,12H,4-6H2,1-3H3. The smallest absolute Gasteiger partial charge is 0.147 e. The fraction of sp³-hybridized carbons (Fsp3) is 0.818. The summed E-state index contributed by atoms with van der Waals surface area (Å²) in [6, 6.07) is 1.19. The van der Waals surface area contributed by atoms with Crippen molar-refractivity contribution in [3.05, 3.63) is 12.2 Å². The Bertz CT molecular complexity index is 314. The van der Waals surface area contributed by atoms with Crippen LogP contribution in [-0.2, 0) is 6.54 Å². The van der Waals surface area contributed by atoms with Gasteiger partial charge in [0.15, 0.2) is 0 Å². The van der Waals surface area contributed by atoms with E-state index in [1.54, 1.807) is 0 Å². The van der Waals surface area contributed by atoms with Crippen molar-refractivity contribution in [1.29, 1.82) is 0 Å². The van der Waals surface area contributed by atoms with Crippen LogP contribution in [0.15, 0.2) is 6.33 Å². The van der Waals surface area contributed by atoms with Crippen molar-refractivity contribution >= 4 is 0 Å². The summed E-state index contributed by atoms with van der Waals surface area (Å²) in [5.41, 5.74) is 0. The highest BCUT2D eigenvalue weighted by atomic mass is 15.3. The third-order valence-electron chi connectivity index (χ3n) is 3.17. The second kappa shape index (κ2) is 4.31. The Labute approximate surface area is 91.1 Å². The minimum Gasteiger partial charge on any atom is -0.313 e. The number of hydrogen-bond donors (Lipinski definition) is 1. The van der Waals surface area contributed by atoms with Crippen molar-refractivity contribution in [1.82, 2.24) is 20.1 Å². The van der Waals surface area contributed by atoms with E-state index < -0.39 is 0 Å². The van der Waals surface area contributed by atoms with E-state index in [0.717, 1.165) is 12.4 Å². The lowest BCUT2D eigenvalue weighted by atomic mass is 10.1. The van der Waals surface area contributed by atoms with Gasteiger partial charge in [-0.1, -0.05) is 13.8 Å². The molecular weight excluding hydrogens is 188 g/mol. The van der Waals surface area contributed by atoms with E-state index >= 15 is 0 Å². The molecule has 1 heterocycles. The first-order valence-corrected chi connectivity index (χ1v) is 5.80. The highest BCUT2D eigenvalue weighted by molar-refractivity contribution is 4.94. The van der Waals surface area contributed by atoms with Gasteiger partial charge in [0.1, 0.15) is 12.2 Å². The maximum Gasteiger partial charge on any atom is 0.147 e. The van der Waals surface area contributed by atoms with E-state index in [9.17, 15) is 0 Å². The number of nitrogens with zero attached hydrogens (tertiary/aromatic N) is 3. The van der Waals surface area contributed by atoms with Crippen LogP contribution in [0.25, 0.3) is 0 Å². The molecule has 84 valence electrons. The van der Waals surface area contributed by atoms with Crippen molar-refractivity contribution in [3.8, 4) is 0 Å². The molecule has 1 fully saturated rings. The lowest BCUT2D eigenvalue weighted by Crippen LogP contribution is -2.31. The van der Waals surface area contributed by atoms with Gasteiger partial charge in [-0.15, -0.1) is 10.2 Å². The molecule has 1 aromatic rings. The number of aromatic nitrogens is 3. The van der Waals surface area contributed by atoms with Crippen LogP contribution in [0.1, 0.15) is 45.5 Å². The number of nitrogens with one attached hydrogen (secondary N) is 1. The Hall–Kier alpha value is -0.900. The summed E-state index contributed by atoms with van der Waals surface area (Å²) >= 11 is 0. The molecule has 15 heavy (non-hydrogen) atoms. The van der Waals surface area contributed by atoms with E-state index in [4.69, 9.17) is 0 Å². The lowest BCUT2D eigenvalue weighted by molar-refractivity contribution is 0.416. The van der Waals surface area contributed by atoms with Crippen LogP contribution in [0.3, 0.4) is 0 Å². The molecule has 1 saturated carbocycles. The summed E-state index contributed by atoms with van der Waals surface area (Å²) < 4.78 is 2.21. The zero-order valence-electron chi connectivity index (χ0n) is 9.77. The maximum atomic E-state index is 4.16. The van der Waals surface area contributed by atoms with Gasteiger partial charge in [-0.2, -0.15) is 0 Å². The Kier molecular flexibility index (Phi) is 3.05. The highest BCUT2D eigenvalue weighted by Gasteiger charge is 2.25. The number of hydrogen-bond acceptors (Lipinski definition) is 3. The quantitative estimate of drug-likeness (QED) is 0.801. The van der Waals surface area contributed by atoms with Crippen LogP contribution in [0.4, 0.5) is 0 Å². The van der Waals surface area contributed by atoms with Crippen LogP contribution in [0.2, 0.25) is 0 Å². The first kappa shape index (κ1) is 10.6. The summed E-state index contributed by atoms with van der Waals surface area (Å²) in [5, 5.41) is 11.6. The SMILES string of the molecule is CC(C)C(C)NCc1nncn1C1CC1. The van der Waals surface area contributed by atoms with Crippen LogP contribution in [0.5, 0.6) is 0 Å². The fourth-order valence-corrected chi connectivity index (χ4v) is 1.54. The summed E-state index contributed by atoms with van der Waals surface area (Å²) in [5.74, 6) is 1.73. The molecule has 0 radical (unpaired) electrons. The summed E-state index contributed by atoms with van der Waals surface area (Å²) in [7, 11) is 0. The van der Waals surface area contributed by atoms with Gasteiger partial charge in [0, 0.05) is 12.1 Å². The molecule has 1 N–H and O–H groups in total. The molecule has 1 aromatic heterocycles. The molecule has 1 aliphatic carbocycles. The molecule has 0 spiro atoms. The van der Waals surface area contributed by atoms with E-state index in [1.165, 1.54) is 12.8 Å². The fourth-order valence-electron chi connectivity index (χ4n) is 1.54. The van der Waals surface area contributed by atoms with Crippen molar-refractivity contribution in [2.75, 3.05) is 0 Å². The van der Waals surface area contributed by atoms with Crippen LogP contribution >= 0.6 is 0 Å². The van der Waals surface area contributed by atoms with Gasteiger partial charge in [-0.3, -0.25) is 0 Å². The maximum absolute atomic E-state index is 4.16. The second-order valence-corrected chi connectivity index (χ2v) is 4.80. The minimum absolute atomic E-state index is 0.523. The Morgan fingerprint density at radius 3 is 2.80 bits per heavy atom. The third-order valence-corrected chi connectivity index (χ3v) is 3.17. The molecule has 2 rings (SSSR count). The van der Waals surface area contributed by atoms with E-state index in [0.29, 0.717) is 18.0 Å². The van der Waals surface area contributed by atoms with Gasteiger partial charge in [0.2, 0.25) is 0 Å². The van der Waals surface area contributed by atoms with Crippen LogP contribution < -0.4 is 5.32 Å². The van der Waals surface area contributed by atoms with Gasteiger partial charge in [0.05, 0.1) is 6.54 Å². The average molecular weight is 208 g/mol. The van der Waals surface area contributed by atoms with Gasteiger partial charge < -0.3 is 9.88 Å². The Balaban J connectivity index is 1.90. The largest absolute Gasteiger partial charge is 0.313 e. The molecule has 4 heteroatoms. The predicted molar refractivity (Wildman–Crippen MR) is 59.4 cm³/mol. The molecule has 0 saturated heterocycles. The summed E-state index contributed by atoms with van der Waals surface area (Å²) in [4.78, 5) is 0. The zero-order valence-corrected chi connectivity index (χ0v) is 9.77. The van der Waals surface area contributed by atoms with Gasteiger partial charge in [0.25, 0.3) is 0 Å². The number of rotatable bonds is 5. The van der Waals surface area contributed by atoms with Crippen LogP contribution in [-0.4, -0.2) is 20.8 Å². The summed E-state index contributed by atoms with van der Waals surface area (Å²) in [6.45, 7) is 7.49. The predicted octanol–water partition coefficient (Wildman–Crippen LogP) is 1.75. The molecule has 0 bridgehead atoms. The molecule has 0 aliphatic heterocycles. The van der Waals surface area contributed by atoms with Crippen molar-refractivity contribution < 1.29 is 0 Å². The van der Waals surface area contributed by atoms with Crippen molar-refractivity contribution in [2.24, 2.45) is 5.92 Å². The topological polar surface area (TPSA) is 42.7 Å². The Morgan fingerprint density at radius 1 is 1.47 bits per heavy atom. The van der Waals surface area contributed by atoms with Crippen molar-refractivity contribution in [2.45, 2.75) is 52.2 Å². The van der Waals surface area contributed by atoms with Gasteiger partial charge >= 0.3 is 0 Å².